The monoisotopic (exact) mass is 168 g/mol. The Morgan fingerprint density at radius 1 is 1.27 bits per heavy atom. The molecule has 0 fully saturated rings. The molecule has 0 bridgehead atoms. The topological polar surface area (TPSA) is 0 Å². The molecule has 1 aliphatic rings. The average Bonchev–Trinajstić information content (AvgIpc) is 2.33. The summed E-state index contributed by atoms with van der Waals surface area (Å²) in [6.45, 7) is 9.14. The van der Waals surface area contributed by atoms with Gasteiger partial charge in [-0.15, -0.1) is 0 Å². The molecule has 0 radical (unpaired) electrons. The van der Waals surface area contributed by atoms with Crippen LogP contribution in [0.15, 0.2) is 12.2 Å². The molecule has 1 aliphatic heterocycles. The highest BCUT2D eigenvalue weighted by molar-refractivity contribution is 7.43. The van der Waals surface area contributed by atoms with Crippen molar-refractivity contribution >= 4 is 13.5 Å². The van der Waals surface area contributed by atoms with Crippen LogP contribution in [0.1, 0.15) is 27.7 Å². The van der Waals surface area contributed by atoms with Crippen molar-refractivity contribution < 1.29 is 0 Å². The van der Waals surface area contributed by atoms with Crippen LogP contribution in [0.5, 0.6) is 0 Å². The highest BCUT2D eigenvalue weighted by Crippen LogP contribution is 2.28. The van der Waals surface area contributed by atoms with Crippen molar-refractivity contribution in [3.8, 4) is 0 Å². The lowest BCUT2D eigenvalue weighted by molar-refractivity contribution is 0.679. The van der Waals surface area contributed by atoms with Crippen molar-refractivity contribution in [1.82, 2.24) is 0 Å². The molecule has 1 atom stereocenters. The van der Waals surface area contributed by atoms with Crippen LogP contribution >= 0.6 is 8.20 Å². The zero-order valence-electron chi connectivity index (χ0n) is 7.83. The molecule has 11 heavy (non-hydrogen) atoms. The van der Waals surface area contributed by atoms with E-state index in [2.05, 4.69) is 39.8 Å². The van der Waals surface area contributed by atoms with Crippen molar-refractivity contribution in [3.63, 3.8) is 0 Å². The second-order valence-corrected chi connectivity index (χ2v) is 5.17. The Morgan fingerprint density at radius 2 is 1.91 bits per heavy atom. The Balaban J connectivity index is 2.63. The molecule has 0 saturated carbocycles. The number of rotatable bonds is 2. The third-order valence-corrected chi connectivity index (χ3v) is 4.07. The van der Waals surface area contributed by atoms with Gasteiger partial charge in [-0.25, -0.2) is 0 Å². The van der Waals surface area contributed by atoms with Crippen LogP contribution in [0.3, 0.4) is 0 Å². The molecule has 0 nitrogen and oxygen atoms in total. The number of allylic oxidation sites excluding steroid dienone is 2. The summed E-state index contributed by atoms with van der Waals surface area (Å²) in [6.07, 6.45) is 4.68. The maximum absolute atomic E-state index is 2.36. The third-order valence-electron chi connectivity index (χ3n) is 2.04. The lowest BCUT2D eigenvalue weighted by Gasteiger charge is -2.08. The van der Waals surface area contributed by atoms with Gasteiger partial charge in [-0.05, 0) is 17.1 Å². The summed E-state index contributed by atoms with van der Waals surface area (Å²) in [6, 6.07) is 0. The van der Waals surface area contributed by atoms with E-state index in [9.17, 15) is 0 Å². The molecule has 0 aromatic rings. The van der Waals surface area contributed by atoms with Crippen LogP contribution in [0, 0.1) is 11.8 Å². The Bertz CT molecular complexity index is 187. The first-order valence-corrected chi connectivity index (χ1v) is 5.33. The standard InChI is InChI=1S/C10H17P/c1-7(2)9-5-6-10(11-9)8(3)4/h5-9H,1-4H3. The molecule has 0 aromatic heterocycles. The molecule has 0 aromatic carbocycles. The summed E-state index contributed by atoms with van der Waals surface area (Å²) < 4.78 is 0. The van der Waals surface area contributed by atoms with Crippen LogP contribution in [-0.4, -0.2) is 11.0 Å². The van der Waals surface area contributed by atoms with Gasteiger partial charge in [-0.2, -0.15) is 0 Å². The molecule has 0 spiro atoms. The van der Waals surface area contributed by atoms with Gasteiger partial charge in [0, 0.05) is 5.66 Å². The van der Waals surface area contributed by atoms with Crippen LogP contribution in [0.2, 0.25) is 0 Å². The Morgan fingerprint density at radius 3 is 2.18 bits per heavy atom. The van der Waals surface area contributed by atoms with Gasteiger partial charge in [-0.1, -0.05) is 48.1 Å². The highest BCUT2D eigenvalue weighted by Gasteiger charge is 2.14. The molecule has 1 rings (SSSR count). The van der Waals surface area contributed by atoms with Gasteiger partial charge >= 0.3 is 0 Å². The van der Waals surface area contributed by atoms with E-state index in [-0.39, 0.29) is 0 Å². The summed E-state index contributed by atoms with van der Waals surface area (Å²) in [5.41, 5.74) is 0.785. The molecule has 1 heteroatoms. The van der Waals surface area contributed by atoms with Crippen LogP contribution < -0.4 is 0 Å². The maximum atomic E-state index is 2.36. The molecule has 62 valence electrons. The van der Waals surface area contributed by atoms with E-state index < -0.39 is 0 Å². The van der Waals surface area contributed by atoms with E-state index in [1.54, 1.807) is 13.5 Å². The summed E-state index contributed by atoms with van der Waals surface area (Å²) in [5.74, 6) is 1.53. The van der Waals surface area contributed by atoms with Crippen LogP contribution in [0.4, 0.5) is 0 Å². The number of hydrogen-bond donors (Lipinski definition) is 0. The van der Waals surface area contributed by atoms with Gasteiger partial charge in [-0.3, -0.25) is 0 Å². The van der Waals surface area contributed by atoms with Gasteiger partial charge in [0.2, 0.25) is 0 Å². The first kappa shape index (κ1) is 9.00. The third kappa shape index (κ3) is 2.17. The Labute approximate surface area is 71.5 Å². The maximum Gasteiger partial charge on any atom is 0.0217 e. The minimum absolute atomic E-state index is 0.733. The Kier molecular flexibility index (Phi) is 2.90. The lowest BCUT2D eigenvalue weighted by Crippen LogP contribution is -2.02. The molecule has 0 amide bonds. The molecule has 1 unspecified atom stereocenters. The van der Waals surface area contributed by atoms with Crippen molar-refractivity contribution in [2.24, 2.45) is 11.8 Å². The minimum atomic E-state index is 0.733. The van der Waals surface area contributed by atoms with E-state index in [1.165, 1.54) is 0 Å². The zero-order valence-corrected chi connectivity index (χ0v) is 8.73. The summed E-state index contributed by atoms with van der Waals surface area (Å²) in [4.78, 5) is 0. The van der Waals surface area contributed by atoms with Gasteiger partial charge in [0.1, 0.15) is 0 Å². The molecule has 1 heterocycles. The van der Waals surface area contributed by atoms with Gasteiger partial charge in [0.15, 0.2) is 0 Å². The molecule has 0 saturated heterocycles. The lowest BCUT2D eigenvalue weighted by atomic mass is 10.1. The fraction of sp³-hybridized carbons (Fsp3) is 0.700. The van der Waals surface area contributed by atoms with Crippen LogP contribution in [-0.2, 0) is 0 Å². The predicted molar refractivity (Wildman–Crippen MR) is 54.5 cm³/mol. The molecular formula is C10H17P. The summed E-state index contributed by atoms with van der Waals surface area (Å²) >= 11 is 0. The van der Waals surface area contributed by atoms with E-state index in [0.717, 1.165) is 17.5 Å². The molecular weight excluding hydrogens is 151 g/mol. The van der Waals surface area contributed by atoms with Crippen molar-refractivity contribution in [3.05, 3.63) is 12.2 Å². The Hall–Kier alpha value is -0.0900. The predicted octanol–water partition coefficient (Wildman–Crippen LogP) is 3.36. The smallest absolute Gasteiger partial charge is 0.0217 e. The van der Waals surface area contributed by atoms with Crippen LogP contribution in [0.25, 0.3) is 0 Å². The first-order chi connectivity index (χ1) is 5.11. The average molecular weight is 168 g/mol. The van der Waals surface area contributed by atoms with Crippen molar-refractivity contribution in [2.45, 2.75) is 33.4 Å². The fourth-order valence-corrected chi connectivity index (χ4v) is 2.45. The highest BCUT2D eigenvalue weighted by atomic mass is 31.1. The normalized spacial score (nSPS) is 24.9. The van der Waals surface area contributed by atoms with E-state index in [4.69, 9.17) is 0 Å². The quantitative estimate of drug-likeness (QED) is 0.554. The minimum Gasteiger partial charge on any atom is -0.0928 e. The summed E-state index contributed by atoms with van der Waals surface area (Å²) in [5, 5.41) is 1.60. The van der Waals surface area contributed by atoms with Gasteiger partial charge < -0.3 is 0 Å². The second-order valence-electron chi connectivity index (χ2n) is 3.80. The van der Waals surface area contributed by atoms with Gasteiger partial charge in [0.05, 0.1) is 0 Å². The van der Waals surface area contributed by atoms with Crippen molar-refractivity contribution in [2.75, 3.05) is 0 Å². The summed E-state index contributed by atoms with van der Waals surface area (Å²) in [7, 11) is 1.54. The second kappa shape index (κ2) is 3.54. The SMILES string of the molecule is CC(C)C1=PC(C(C)C)C=C1. The van der Waals surface area contributed by atoms with E-state index in [0.29, 0.717) is 0 Å². The zero-order chi connectivity index (χ0) is 8.43. The first-order valence-electron chi connectivity index (χ1n) is 4.37. The van der Waals surface area contributed by atoms with Gasteiger partial charge in [0.25, 0.3) is 0 Å². The fourth-order valence-electron chi connectivity index (χ4n) is 1.17. The van der Waals surface area contributed by atoms with E-state index >= 15 is 0 Å². The number of hydrogen-bond acceptors (Lipinski definition) is 0. The van der Waals surface area contributed by atoms with Crippen molar-refractivity contribution in [1.29, 1.82) is 0 Å². The molecule has 0 N–H and O–H groups in total. The van der Waals surface area contributed by atoms with E-state index in [1.807, 2.05) is 0 Å². The largest absolute Gasteiger partial charge is 0.0928 e. The molecule has 0 aliphatic carbocycles.